The molecule has 1 aliphatic heterocycles. The molecule has 1 atom stereocenters. The van der Waals surface area contributed by atoms with Crippen molar-refractivity contribution in [3.05, 3.63) is 41.6 Å². The SMILES string of the molecule is Cc1nn(C)c(N)c1[C@@H]1CC(=O)N(c2ccccc2)C1=O. The first-order chi connectivity index (χ1) is 10.0. The fourth-order valence-corrected chi connectivity index (χ4v) is 2.83. The lowest BCUT2D eigenvalue weighted by Gasteiger charge is -2.15. The van der Waals surface area contributed by atoms with Gasteiger partial charge in [-0.25, -0.2) is 0 Å². The van der Waals surface area contributed by atoms with Crippen LogP contribution in [0.15, 0.2) is 30.3 Å². The van der Waals surface area contributed by atoms with E-state index in [9.17, 15) is 9.59 Å². The number of nitrogen functional groups attached to an aromatic ring is 1. The summed E-state index contributed by atoms with van der Waals surface area (Å²) in [6, 6.07) is 8.93. The Hall–Kier alpha value is -2.63. The Bertz CT molecular complexity index is 721. The number of hydrogen-bond donors (Lipinski definition) is 1. The predicted molar refractivity (Wildman–Crippen MR) is 78.7 cm³/mol. The molecule has 1 aromatic heterocycles. The minimum absolute atomic E-state index is 0.129. The third-order valence-corrected chi connectivity index (χ3v) is 3.82. The van der Waals surface area contributed by atoms with Crippen molar-refractivity contribution in [1.29, 1.82) is 0 Å². The molecule has 0 bridgehead atoms. The number of hydrogen-bond acceptors (Lipinski definition) is 4. The van der Waals surface area contributed by atoms with Gasteiger partial charge in [-0.1, -0.05) is 18.2 Å². The molecule has 21 heavy (non-hydrogen) atoms. The van der Waals surface area contributed by atoms with E-state index in [2.05, 4.69) is 5.10 Å². The van der Waals surface area contributed by atoms with Gasteiger partial charge in [0.25, 0.3) is 0 Å². The molecule has 6 heteroatoms. The van der Waals surface area contributed by atoms with Crippen LogP contribution in [0.1, 0.15) is 23.6 Å². The number of anilines is 2. The van der Waals surface area contributed by atoms with E-state index in [1.54, 1.807) is 38.2 Å². The van der Waals surface area contributed by atoms with Crippen molar-refractivity contribution in [1.82, 2.24) is 9.78 Å². The molecule has 2 N–H and O–H groups in total. The van der Waals surface area contributed by atoms with Crippen molar-refractivity contribution in [3.8, 4) is 0 Å². The number of aromatic nitrogens is 2. The molecule has 1 aliphatic rings. The van der Waals surface area contributed by atoms with Crippen LogP contribution in [0.4, 0.5) is 11.5 Å². The molecule has 2 heterocycles. The van der Waals surface area contributed by atoms with Gasteiger partial charge >= 0.3 is 0 Å². The molecule has 2 amide bonds. The van der Waals surface area contributed by atoms with E-state index < -0.39 is 5.92 Å². The van der Waals surface area contributed by atoms with Crippen LogP contribution in [-0.4, -0.2) is 21.6 Å². The standard InChI is InChI=1S/C15H16N4O2/c1-9-13(14(16)18(2)17-9)11-8-12(20)19(15(11)21)10-6-4-3-5-7-10/h3-7,11H,8,16H2,1-2H3/t11-/m0/s1. The number of carbonyl (C=O) groups is 2. The molecule has 0 spiro atoms. The Kier molecular flexibility index (Phi) is 3.01. The molecule has 1 fully saturated rings. The minimum Gasteiger partial charge on any atom is -0.384 e. The van der Waals surface area contributed by atoms with Gasteiger partial charge < -0.3 is 5.73 Å². The van der Waals surface area contributed by atoms with Gasteiger partial charge in [0.15, 0.2) is 0 Å². The monoisotopic (exact) mass is 284 g/mol. The summed E-state index contributed by atoms with van der Waals surface area (Å²) in [4.78, 5) is 26.1. The zero-order valence-electron chi connectivity index (χ0n) is 11.9. The van der Waals surface area contributed by atoms with Gasteiger partial charge in [-0.15, -0.1) is 0 Å². The third kappa shape index (κ3) is 1.99. The number of para-hydroxylation sites is 1. The maximum atomic E-state index is 12.6. The topological polar surface area (TPSA) is 81.2 Å². The second-order valence-electron chi connectivity index (χ2n) is 5.17. The number of imide groups is 1. The molecule has 0 unspecified atom stereocenters. The second kappa shape index (κ2) is 4.73. The maximum Gasteiger partial charge on any atom is 0.242 e. The van der Waals surface area contributed by atoms with Gasteiger partial charge in [0.05, 0.1) is 17.3 Å². The average molecular weight is 284 g/mol. The lowest BCUT2D eigenvalue weighted by atomic mass is 9.97. The lowest BCUT2D eigenvalue weighted by Crippen LogP contribution is -2.30. The minimum atomic E-state index is -0.550. The van der Waals surface area contributed by atoms with E-state index in [1.807, 2.05) is 6.07 Å². The van der Waals surface area contributed by atoms with Crippen LogP contribution < -0.4 is 10.6 Å². The summed E-state index contributed by atoms with van der Waals surface area (Å²) in [6.07, 6.45) is 0.129. The lowest BCUT2D eigenvalue weighted by molar-refractivity contribution is -0.121. The molecule has 2 aromatic rings. The number of aryl methyl sites for hydroxylation is 2. The highest BCUT2D eigenvalue weighted by molar-refractivity contribution is 6.23. The van der Waals surface area contributed by atoms with Gasteiger partial charge in [0, 0.05) is 19.0 Å². The van der Waals surface area contributed by atoms with E-state index in [4.69, 9.17) is 5.73 Å². The zero-order valence-corrected chi connectivity index (χ0v) is 11.9. The van der Waals surface area contributed by atoms with E-state index in [1.165, 1.54) is 9.58 Å². The van der Waals surface area contributed by atoms with Gasteiger partial charge in [0.2, 0.25) is 11.8 Å². The molecular formula is C15H16N4O2. The predicted octanol–water partition coefficient (Wildman–Crippen LogP) is 1.36. The molecular weight excluding hydrogens is 268 g/mol. The molecule has 3 rings (SSSR count). The Morgan fingerprint density at radius 2 is 1.90 bits per heavy atom. The number of rotatable bonds is 2. The number of nitrogens with zero attached hydrogens (tertiary/aromatic N) is 3. The first kappa shape index (κ1) is 13.4. The summed E-state index contributed by atoms with van der Waals surface area (Å²) >= 11 is 0. The van der Waals surface area contributed by atoms with Crippen molar-refractivity contribution in [2.45, 2.75) is 19.3 Å². The second-order valence-corrected chi connectivity index (χ2v) is 5.17. The maximum absolute atomic E-state index is 12.6. The summed E-state index contributed by atoms with van der Waals surface area (Å²) < 4.78 is 1.54. The molecule has 108 valence electrons. The number of benzene rings is 1. The summed E-state index contributed by atoms with van der Waals surface area (Å²) in [5, 5.41) is 4.22. The third-order valence-electron chi connectivity index (χ3n) is 3.82. The highest BCUT2D eigenvalue weighted by atomic mass is 16.2. The van der Waals surface area contributed by atoms with Crippen LogP contribution in [0.3, 0.4) is 0 Å². The van der Waals surface area contributed by atoms with Crippen LogP contribution in [0.25, 0.3) is 0 Å². The summed E-state index contributed by atoms with van der Waals surface area (Å²) in [5.41, 5.74) is 7.94. The Morgan fingerprint density at radius 3 is 2.48 bits per heavy atom. The smallest absolute Gasteiger partial charge is 0.242 e. The first-order valence-corrected chi connectivity index (χ1v) is 6.71. The Morgan fingerprint density at radius 1 is 1.24 bits per heavy atom. The van der Waals surface area contributed by atoms with Crippen LogP contribution in [0.5, 0.6) is 0 Å². The largest absolute Gasteiger partial charge is 0.384 e. The fourth-order valence-electron chi connectivity index (χ4n) is 2.83. The number of amides is 2. The van der Waals surface area contributed by atoms with Crippen molar-refractivity contribution in [3.63, 3.8) is 0 Å². The molecule has 0 radical (unpaired) electrons. The van der Waals surface area contributed by atoms with Crippen molar-refractivity contribution >= 4 is 23.3 Å². The quantitative estimate of drug-likeness (QED) is 0.844. The van der Waals surface area contributed by atoms with Crippen molar-refractivity contribution in [2.75, 3.05) is 10.6 Å². The molecule has 0 aliphatic carbocycles. The van der Waals surface area contributed by atoms with E-state index in [0.29, 0.717) is 22.8 Å². The van der Waals surface area contributed by atoms with Gasteiger partial charge in [-0.3, -0.25) is 19.2 Å². The Balaban J connectivity index is 2.01. The molecule has 1 aromatic carbocycles. The first-order valence-electron chi connectivity index (χ1n) is 6.71. The molecule has 0 saturated carbocycles. The van der Waals surface area contributed by atoms with Gasteiger partial charge in [0.1, 0.15) is 5.82 Å². The van der Waals surface area contributed by atoms with E-state index in [-0.39, 0.29) is 18.2 Å². The van der Waals surface area contributed by atoms with E-state index in [0.717, 1.165) is 0 Å². The average Bonchev–Trinajstić information content (AvgIpc) is 2.88. The Labute approximate surface area is 122 Å². The summed E-state index contributed by atoms with van der Waals surface area (Å²) in [6.45, 7) is 1.80. The highest BCUT2D eigenvalue weighted by Crippen LogP contribution is 2.36. The van der Waals surface area contributed by atoms with Crippen LogP contribution in [-0.2, 0) is 16.6 Å². The fraction of sp³-hybridized carbons (Fsp3) is 0.267. The van der Waals surface area contributed by atoms with Crippen LogP contribution in [0.2, 0.25) is 0 Å². The number of carbonyl (C=O) groups excluding carboxylic acids is 2. The highest BCUT2D eigenvalue weighted by Gasteiger charge is 2.42. The van der Waals surface area contributed by atoms with Gasteiger partial charge in [-0.2, -0.15) is 5.10 Å². The van der Waals surface area contributed by atoms with Gasteiger partial charge in [-0.05, 0) is 19.1 Å². The van der Waals surface area contributed by atoms with Crippen LogP contribution >= 0.6 is 0 Å². The van der Waals surface area contributed by atoms with Crippen LogP contribution in [0, 0.1) is 6.92 Å². The summed E-state index contributed by atoms with van der Waals surface area (Å²) in [7, 11) is 1.72. The normalized spacial score (nSPS) is 18.6. The summed E-state index contributed by atoms with van der Waals surface area (Å²) in [5.74, 6) is -0.562. The van der Waals surface area contributed by atoms with E-state index >= 15 is 0 Å². The molecule has 1 saturated heterocycles. The van der Waals surface area contributed by atoms with Crippen molar-refractivity contribution < 1.29 is 9.59 Å². The van der Waals surface area contributed by atoms with Crippen molar-refractivity contribution in [2.24, 2.45) is 7.05 Å². The zero-order chi connectivity index (χ0) is 15.1. The molecule has 6 nitrogen and oxygen atoms in total. The number of nitrogens with two attached hydrogens (primary N) is 1.